The minimum atomic E-state index is 0.0202. The van der Waals surface area contributed by atoms with Crippen molar-refractivity contribution in [2.24, 2.45) is 0 Å². The second kappa shape index (κ2) is 8.60. The van der Waals surface area contributed by atoms with E-state index < -0.39 is 0 Å². The van der Waals surface area contributed by atoms with E-state index in [1.165, 1.54) is 24.0 Å². The predicted molar refractivity (Wildman–Crippen MR) is 96.2 cm³/mol. The summed E-state index contributed by atoms with van der Waals surface area (Å²) in [5.41, 5.74) is 3.24. The van der Waals surface area contributed by atoms with Gasteiger partial charge in [0.05, 0.1) is 0 Å². The van der Waals surface area contributed by atoms with Crippen LogP contribution in [0.1, 0.15) is 46.7 Å². The first kappa shape index (κ1) is 16.7. The van der Waals surface area contributed by atoms with Gasteiger partial charge in [-0.3, -0.25) is 9.78 Å². The standard InChI is InChI=1S/C20H25N3O/c24-20(23-12-3-6-16-5-2-10-21-14-16)18-8-1-7-17(13-18)19-9-4-11-22-15-19/h1-2,5,7-8,10,13-14,19,22H,3-4,6,9,11-12,15H2,(H,23,24)/t19-/m1/s1. The van der Waals surface area contributed by atoms with E-state index in [-0.39, 0.29) is 5.91 Å². The van der Waals surface area contributed by atoms with E-state index in [0.717, 1.165) is 31.5 Å². The normalized spacial score (nSPS) is 17.4. The summed E-state index contributed by atoms with van der Waals surface area (Å²) in [5.74, 6) is 0.545. The molecule has 0 spiro atoms. The molecule has 1 aliphatic rings. The highest BCUT2D eigenvalue weighted by molar-refractivity contribution is 5.94. The zero-order valence-corrected chi connectivity index (χ0v) is 14.0. The van der Waals surface area contributed by atoms with Crippen LogP contribution >= 0.6 is 0 Å². The first-order valence-electron chi connectivity index (χ1n) is 8.81. The summed E-state index contributed by atoms with van der Waals surface area (Å²) in [4.78, 5) is 16.5. The molecule has 1 fully saturated rings. The van der Waals surface area contributed by atoms with Gasteiger partial charge in [-0.25, -0.2) is 0 Å². The van der Waals surface area contributed by atoms with Crippen molar-refractivity contribution in [3.63, 3.8) is 0 Å². The van der Waals surface area contributed by atoms with E-state index in [0.29, 0.717) is 12.5 Å². The van der Waals surface area contributed by atoms with Crippen molar-refractivity contribution in [2.75, 3.05) is 19.6 Å². The topological polar surface area (TPSA) is 54.0 Å². The summed E-state index contributed by atoms with van der Waals surface area (Å²) in [7, 11) is 0. The van der Waals surface area contributed by atoms with Gasteiger partial charge in [-0.15, -0.1) is 0 Å². The summed E-state index contributed by atoms with van der Waals surface area (Å²) in [6.45, 7) is 2.80. The lowest BCUT2D eigenvalue weighted by atomic mass is 9.90. The van der Waals surface area contributed by atoms with Gasteiger partial charge in [0.1, 0.15) is 0 Å². The molecule has 0 radical (unpaired) electrons. The van der Waals surface area contributed by atoms with Crippen LogP contribution in [0.25, 0.3) is 0 Å². The molecular weight excluding hydrogens is 298 g/mol. The Morgan fingerprint density at radius 1 is 1.29 bits per heavy atom. The van der Waals surface area contributed by atoms with Crippen LogP contribution in [0.2, 0.25) is 0 Å². The van der Waals surface area contributed by atoms with Crippen molar-refractivity contribution in [2.45, 2.75) is 31.6 Å². The molecule has 1 aromatic carbocycles. The van der Waals surface area contributed by atoms with Gasteiger partial charge in [0.2, 0.25) is 0 Å². The highest BCUT2D eigenvalue weighted by Gasteiger charge is 2.16. The second-order valence-corrected chi connectivity index (χ2v) is 6.39. The van der Waals surface area contributed by atoms with Crippen LogP contribution in [0.3, 0.4) is 0 Å². The first-order chi connectivity index (χ1) is 11.8. The monoisotopic (exact) mass is 323 g/mol. The zero-order chi connectivity index (χ0) is 16.6. The summed E-state index contributed by atoms with van der Waals surface area (Å²) in [6, 6.07) is 12.1. The molecule has 126 valence electrons. The summed E-state index contributed by atoms with van der Waals surface area (Å²) < 4.78 is 0. The largest absolute Gasteiger partial charge is 0.352 e. The number of carbonyl (C=O) groups is 1. The molecule has 24 heavy (non-hydrogen) atoms. The molecule has 1 aromatic heterocycles. The maximum atomic E-state index is 12.4. The van der Waals surface area contributed by atoms with Gasteiger partial charge >= 0.3 is 0 Å². The molecular formula is C20H25N3O. The Morgan fingerprint density at radius 3 is 3.04 bits per heavy atom. The smallest absolute Gasteiger partial charge is 0.251 e. The summed E-state index contributed by atoms with van der Waals surface area (Å²) >= 11 is 0. The number of nitrogens with zero attached hydrogens (tertiary/aromatic N) is 1. The van der Waals surface area contributed by atoms with Crippen LogP contribution in [0.4, 0.5) is 0 Å². The van der Waals surface area contributed by atoms with Crippen molar-refractivity contribution >= 4 is 5.91 Å². The number of nitrogens with one attached hydrogen (secondary N) is 2. The molecule has 1 aliphatic heterocycles. The number of pyridine rings is 1. The van der Waals surface area contributed by atoms with Crippen LogP contribution in [0.15, 0.2) is 48.8 Å². The highest BCUT2D eigenvalue weighted by Crippen LogP contribution is 2.23. The van der Waals surface area contributed by atoms with Crippen molar-refractivity contribution < 1.29 is 4.79 Å². The van der Waals surface area contributed by atoms with Gasteiger partial charge in [0.15, 0.2) is 0 Å². The van der Waals surface area contributed by atoms with E-state index in [1.54, 1.807) is 6.20 Å². The number of rotatable bonds is 6. The quantitative estimate of drug-likeness (QED) is 0.804. The fourth-order valence-electron chi connectivity index (χ4n) is 3.21. The Morgan fingerprint density at radius 2 is 2.25 bits per heavy atom. The van der Waals surface area contributed by atoms with Crippen LogP contribution in [0.5, 0.6) is 0 Å². The van der Waals surface area contributed by atoms with E-state index in [9.17, 15) is 4.79 Å². The Balaban J connectivity index is 1.49. The SMILES string of the molecule is O=C(NCCCc1cccnc1)c1cccc([C@@H]2CCCNC2)c1. The van der Waals surface area contributed by atoms with Gasteiger partial charge in [0, 0.05) is 31.0 Å². The lowest BCUT2D eigenvalue weighted by Crippen LogP contribution is -2.29. The maximum Gasteiger partial charge on any atom is 0.251 e. The lowest BCUT2D eigenvalue weighted by Gasteiger charge is -2.23. The third kappa shape index (κ3) is 4.65. The third-order valence-corrected chi connectivity index (χ3v) is 4.57. The van der Waals surface area contributed by atoms with Crippen LogP contribution in [-0.4, -0.2) is 30.5 Å². The van der Waals surface area contributed by atoms with Crippen LogP contribution < -0.4 is 10.6 Å². The minimum absolute atomic E-state index is 0.0202. The molecule has 1 amide bonds. The van der Waals surface area contributed by atoms with Crippen molar-refractivity contribution in [3.8, 4) is 0 Å². The molecule has 4 nitrogen and oxygen atoms in total. The second-order valence-electron chi connectivity index (χ2n) is 6.39. The summed E-state index contributed by atoms with van der Waals surface area (Å²) in [5, 5.41) is 6.46. The van der Waals surface area contributed by atoms with Gasteiger partial charge in [-0.2, -0.15) is 0 Å². The zero-order valence-electron chi connectivity index (χ0n) is 14.0. The molecule has 4 heteroatoms. The number of hydrogen-bond donors (Lipinski definition) is 2. The number of carbonyl (C=O) groups excluding carboxylic acids is 1. The van der Waals surface area contributed by atoms with Crippen molar-refractivity contribution in [1.29, 1.82) is 0 Å². The summed E-state index contributed by atoms with van der Waals surface area (Å²) in [6.07, 6.45) is 7.91. The van der Waals surface area contributed by atoms with Gasteiger partial charge in [0.25, 0.3) is 5.91 Å². The predicted octanol–water partition coefficient (Wildman–Crippen LogP) is 2.91. The minimum Gasteiger partial charge on any atom is -0.352 e. The maximum absolute atomic E-state index is 12.4. The molecule has 0 aliphatic carbocycles. The first-order valence-corrected chi connectivity index (χ1v) is 8.81. The molecule has 1 atom stereocenters. The Hall–Kier alpha value is -2.20. The fraction of sp³-hybridized carbons (Fsp3) is 0.400. The Kier molecular flexibility index (Phi) is 5.96. The average molecular weight is 323 g/mol. The number of aryl methyl sites for hydroxylation is 1. The average Bonchev–Trinajstić information content (AvgIpc) is 2.67. The lowest BCUT2D eigenvalue weighted by molar-refractivity contribution is 0.0953. The number of piperidine rings is 1. The van der Waals surface area contributed by atoms with E-state index >= 15 is 0 Å². The highest BCUT2D eigenvalue weighted by atomic mass is 16.1. The fourth-order valence-corrected chi connectivity index (χ4v) is 3.21. The number of amides is 1. The molecule has 2 aromatic rings. The van der Waals surface area contributed by atoms with Crippen molar-refractivity contribution in [1.82, 2.24) is 15.6 Å². The molecule has 2 heterocycles. The number of hydrogen-bond acceptors (Lipinski definition) is 3. The molecule has 0 unspecified atom stereocenters. The molecule has 3 rings (SSSR count). The molecule has 0 saturated carbocycles. The molecule has 1 saturated heterocycles. The van der Waals surface area contributed by atoms with Gasteiger partial charge in [-0.05, 0) is 67.5 Å². The van der Waals surface area contributed by atoms with Crippen LogP contribution in [0, 0.1) is 0 Å². The van der Waals surface area contributed by atoms with Crippen LogP contribution in [-0.2, 0) is 6.42 Å². The third-order valence-electron chi connectivity index (χ3n) is 4.57. The Labute approximate surface area is 143 Å². The van der Waals surface area contributed by atoms with Gasteiger partial charge < -0.3 is 10.6 Å². The number of benzene rings is 1. The van der Waals surface area contributed by atoms with E-state index in [2.05, 4.69) is 27.8 Å². The molecule has 0 bridgehead atoms. The molecule has 2 N–H and O–H groups in total. The van der Waals surface area contributed by atoms with E-state index in [1.807, 2.05) is 30.5 Å². The van der Waals surface area contributed by atoms with Crippen molar-refractivity contribution in [3.05, 3.63) is 65.5 Å². The van der Waals surface area contributed by atoms with Gasteiger partial charge in [-0.1, -0.05) is 18.2 Å². The number of aromatic nitrogens is 1. The van der Waals surface area contributed by atoms with E-state index in [4.69, 9.17) is 0 Å². The Bertz CT molecular complexity index is 651.